The van der Waals surface area contributed by atoms with Gasteiger partial charge in [-0.3, -0.25) is 14.4 Å². The molecule has 0 unspecified atom stereocenters. The van der Waals surface area contributed by atoms with Gasteiger partial charge in [0.1, 0.15) is 6.04 Å². The highest BCUT2D eigenvalue weighted by molar-refractivity contribution is 5.91. The second kappa shape index (κ2) is 10.2. The van der Waals surface area contributed by atoms with E-state index in [0.29, 0.717) is 13.0 Å². The Balaban J connectivity index is 1.75. The van der Waals surface area contributed by atoms with Gasteiger partial charge < -0.3 is 20.9 Å². The van der Waals surface area contributed by atoms with Crippen molar-refractivity contribution in [1.82, 2.24) is 20.9 Å². The summed E-state index contributed by atoms with van der Waals surface area (Å²) in [5.74, 6) is -0.736. The molecule has 3 N–H and O–H groups in total. The molecule has 3 atom stereocenters. The van der Waals surface area contributed by atoms with Gasteiger partial charge in [-0.25, -0.2) is 0 Å². The third-order valence-electron chi connectivity index (χ3n) is 5.77. The van der Waals surface area contributed by atoms with Gasteiger partial charge in [0.2, 0.25) is 17.7 Å². The number of carbonyl (C=O) groups excluding carboxylic acids is 3. The predicted molar refractivity (Wildman–Crippen MR) is 119 cm³/mol. The van der Waals surface area contributed by atoms with E-state index >= 15 is 0 Å². The van der Waals surface area contributed by atoms with Crippen LogP contribution in [0.3, 0.4) is 0 Å². The fraction of sp³-hybridized carbons (Fsp3) is 0.375. The lowest BCUT2D eigenvalue weighted by molar-refractivity contribution is -0.142. The topological polar surface area (TPSA) is 90.5 Å². The maximum Gasteiger partial charge on any atom is 0.243 e. The molecule has 1 heterocycles. The Kier molecular flexibility index (Phi) is 7.41. The van der Waals surface area contributed by atoms with Gasteiger partial charge in [0.05, 0.1) is 18.6 Å². The first-order valence-electron chi connectivity index (χ1n) is 10.6. The van der Waals surface area contributed by atoms with Crippen LogP contribution in [-0.2, 0) is 27.3 Å². The van der Waals surface area contributed by atoms with E-state index in [9.17, 15) is 14.4 Å². The van der Waals surface area contributed by atoms with Gasteiger partial charge in [-0.15, -0.1) is 0 Å². The molecule has 0 fully saturated rings. The van der Waals surface area contributed by atoms with Crippen molar-refractivity contribution < 1.29 is 14.4 Å². The van der Waals surface area contributed by atoms with Crippen LogP contribution in [0.25, 0.3) is 0 Å². The van der Waals surface area contributed by atoms with Crippen molar-refractivity contribution >= 4 is 17.7 Å². The fourth-order valence-electron chi connectivity index (χ4n) is 3.70. The largest absolute Gasteiger partial charge is 0.348 e. The van der Waals surface area contributed by atoms with Crippen molar-refractivity contribution in [2.24, 2.45) is 0 Å². The van der Waals surface area contributed by atoms with Gasteiger partial charge in [0.15, 0.2) is 0 Å². The molecular weight excluding hydrogens is 392 g/mol. The van der Waals surface area contributed by atoms with Crippen LogP contribution in [0.15, 0.2) is 54.6 Å². The van der Waals surface area contributed by atoms with Crippen molar-refractivity contribution in [3.63, 3.8) is 0 Å². The van der Waals surface area contributed by atoms with E-state index in [0.717, 1.165) is 16.7 Å². The molecule has 0 spiro atoms. The van der Waals surface area contributed by atoms with E-state index in [1.165, 1.54) is 0 Å². The zero-order valence-electron chi connectivity index (χ0n) is 18.2. The van der Waals surface area contributed by atoms with Crippen molar-refractivity contribution in [3.8, 4) is 0 Å². The maximum absolute atomic E-state index is 13.2. The molecule has 0 bridgehead atoms. The molecular formula is C24H30N4O3. The van der Waals surface area contributed by atoms with Crippen molar-refractivity contribution in [3.05, 3.63) is 71.3 Å². The Hall–Kier alpha value is -3.19. The number of hydrogen-bond acceptors (Lipinski definition) is 4. The first kappa shape index (κ1) is 22.5. The Labute approximate surface area is 183 Å². The normalized spacial score (nSPS) is 17.3. The van der Waals surface area contributed by atoms with Crippen LogP contribution in [0.5, 0.6) is 0 Å². The van der Waals surface area contributed by atoms with Gasteiger partial charge in [-0.2, -0.15) is 0 Å². The number of amides is 3. The van der Waals surface area contributed by atoms with Gasteiger partial charge in [-0.1, -0.05) is 54.6 Å². The zero-order valence-corrected chi connectivity index (χ0v) is 18.2. The number of fused-ring (bicyclic) bond motifs is 1. The Morgan fingerprint density at radius 2 is 1.65 bits per heavy atom. The molecule has 1 aliphatic heterocycles. The quantitative estimate of drug-likeness (QED) is 0.631. The molecule has 0 saturated heterocycles. The molecule has 3 amide bonds. The molecule has 2 aromatic carbocycles. The molecule has 0 aromatic heterocycles. The highest BCUT2D eigenvalue weighted by atomic mass is 16.2. The summed E-state index contributed by atoms with van der Waals surface area (Å²) < 4.78 is 0. The summed E-state index contributed by atoms with van der Waals surface area (Å²) in [7, 11) is 1.68. The SMILES string of the molecule is CN[C@@H](C)C(=O)NCC(=O)N1Cc2ccccc2C[C@H]1C(=O)N[C@H](C)c1ccccc1. The van der Waals surface area contributed by atoms with Gasteiger partial charge in [0.25, 0.3) is 0 Å². The monoisotopic (exact) mass is 422 g/mol. The summed E-state index contributed by atoms with van der Waals surface area (Å²) in [5, 5.41) is 8.54. The van der Waals surface area contributed by atoms with Crippen LogP contribution in [0.1, 0.15) is 36.6 Å². The van der Waals surface area contributed by atoms with Crippen molar-refractivity contribution in [2.45, 2.75) is 44.9 Å². The van der Waals surface area contributed by atoms with Crippen molar-refractivity contribution in [2.75, 3.05) is 13.6 Å². The fourth-order valence-corrected chi connectivity index (χ4v) is 3.70. The Morgan fingerprint density at radius 1 is 1.00 bits per heavy atom. The molecule has 0 saturated carbocycles. The Morgan fingerprint density at radius 3 is 2.32 bits per heavy atom. The highest BCUT2D eigenvalue weighted by Gasteiger charge is 2.35. The number of nitrogens with zero attached hydrogens (tertiary/aromatic N) is 1. The van der Waals surface area contributed by atoms with E-state index in [1.807, 2.05) is 61.5 Å². The van der Waals surface area contributed by atoms with Crippen molar-refractivity contribution in [1.29, 1.82) is 0 Å². The molecule has 1 aliphatic rings. The van der Waals surface area contributed by atoms with Crippen LogP contribution in [0.4, 0.5) is 0 Å². The summed E-state index contributed by atoms with van der Waals surface area (Å²) in [6, 6.07) is 16.3. The average Bonchev–Trinajstić information content (AvgIpc) is 2.81. The summed E-state index contributed by atoms with van der Waals surface area (Å²) in [6.07, 6.45) is 0.441. The van der Waals surface area contributed by atoms with Gasteiger partial charge >= 0.3 is 0 Å². The van der Waals surface area contributed by atoms with E-state index in [4.69, 9.17) is 0 Å². The van der Waals surface area contributed by atoms with E-state index < -0.39 is 12.1 Å². The molecule has 164 valence electrons. The summed E-state index contributed by atoms with van der Waals surface area (Å²) in [5.41, 5.74) is 3.08. The molecule has 7 nitrogen and oxygen atoms in total. The first-order chi connectivity index (χ1) is 14.9. The summed E-state index contributed by atoms with van der Waals surface area (Å²) in [4.78, 5) is 39.8. The van der Waals surface area contributed by atoms with Crippen LogP contribution in [-0.4, -0.2) is 48.3 Å². The highest BCUT2D eigenvalue weighted by Crippen LogP contribution is 2.24. The summed E-state index contributed by atoms with van der Waals surface area (Å²) in [6.45, 7) is 3.84. The number of likely N-dealkylation sites (N-methyl/N-ethyl adjacent to an activating group) is 1. The molecule has 7 heteroatoms. The second-order valence-corrected chi connectivity index (χ2v) is 7.88. The number of nitrogens with one attached hydrogen (secondary N) is 3. The standard InChI is InChI=1S/C24H30N4O3/c1-16(18-9-5-4-6-10-18)27-24(31)21-13-19-11-7-8-12-20(19)15-28(21)22(29)14-26-23(30)17(2)25-3/h4-12,16-17,21,25H,13-15H2,1-3H3,(H,26,30)(H,27,31)/t16-,17+,21+/m1/s1. The molecule has 3 rings (SSSR count). The number of rotatable bonds is 7. The number of carbonyl (C=O) groups is 3. The van der Waals surface area contributed by atoms with Crippen LogP contribution >= 0.6 is 0 Å². The predicted octanol–water partition coefficient (Wildman–Crippen LogP) is 1.54. The van der Waals surface area contributed by atoms with E-state index in [2.05, 4.69) is 16.0 Å². The number of hydrogen-bond donors (Lipinski definition) is 3. The van der Waals surface area contributed by atoms with Gasteiger partial charge in [-0.05, 0) is 37.6 Å². The van der Waals surface area contributed by atoms with Crippen LogP contribution in [0.2, 0.25) is 0 Å². The minimum absolute atomic E-state index is 0.148. The van der Waals surface area contributed by atoms with Crippen LogP contribution in [0, 0.1) is 0 Å². The molecule has 0 aliphatic carbocycles. The number of benzene rings is 2. The maximum atomic E-state index is 13.2. The smallest absolute Gasteiger partial charge is 0.243 e. The third-order valence-corrected chi connectivity index (χ3v) is 5.77. The third kappa shape index (κ3) is 5.49. The Bertz CT molecular complexity index is 931. The van der Waals surface area contributed by atoms with Gasteiger partial charge in [0, 0.05) is 13.0 Å². The lowest BCUT2D eigenvalue weighted by Gasteiger charge is -2.36. The molecule has 0 radical (unpaired) electrons. The average molecular weight is 423 g/mol. The lowest BCUT2D eigenvalue weighted by atomic mass is 9.93. The zero-order chi connectivity index (χ0) is 22.4. The van der Waals surface area contributed by atoms with E-state index in [1.54, 1.807) is 18.9 Å². The minimum atomic E-state index is -0.632. The first-order valence-corrected chi connectivity index (χ1v) is 10.6. The van der Waals surface area contributed by atoms with E-state index in [-0.39, 0.29) is 30.3 Å². The summed E-state index contributed by atoms with van der Waals surface area (Å²) >= 11 is 0. The lowest BCUT2D eigenvalue weighted by Crippen LogP contribution is -2.55. The molecule has 31 heavy (non-hydrogen) atoms. The second-order valence-electron chi connectivity index (χ2n) is 7.88. The molecule has 2 aromatic rings. The minimum Gasteiger partial charge on any atom is -0.348 e. The van der Waals surface area contributed by atoms with Crippen LogP contribution < -0.4 is 16.0 Å².